The predicted molar refractivity (Wildman–Crippen MR) is 88.7 cm³/mol. The molecule has 0 heterocycles. The van der Waals surface area contributed by atoms with Crippen molar-refractivity contribution in [2.45, 2.75) is 39.5 Å². The minimum absolute atomic E-state index is 0.620. The lowest BCUT2D eigenvalue weighted by molar-refractivity contribution is 0.446. The summed E-state index contributed by atoms with van der Waals surface area (Å²) in [4.78, 5) is 0. The molecule has 0 saturated heterocycles. The number of hydrogen-bond acceptors (Lipinski definition) is 2. The van der Waals surface area contributed by atoms with Gasteiger partial charge in [0.25, 0.3) is 0 Å². The lowest BCUT2D eigenvalue weighted by atomic mass is 9.99. The zero-order chi connectivity index (χ0) is 14.8. The van der Waals surface area contributed by atoms with Gasteiger partial charge in [-0.1, -0.05) is 39.2 Å². The van der Waals surface area contributed by atoms with Crippen LogP contribution in [0.5, 0.6) is 0 Å². The molecule has 0 bridgehead atoms. The smallest absolute Gasteiger partial charge is 0.170 e. The Kier molecular flexibility index (Phi) is 7.67. The molecule has 0 fully saturated rings. The van der Waals surface area contributed by atoms with Gasteiger partial charge in [-0.25, -0.2) is 0 Å². The Morgan fingerprint density at radius 3 is 2.85 bits per heavy atom. The van der Waals surface area contributed by atoms with Gasteiger partial charge >= 0.3 is 0 Å². The normalized spacial score (nSPS) is 11.4. The van der Waals surface area contributed by atoms with Crippen LogP contribution in [0.2, 0.25) is 0 Å². The molecule has 0 spiro atoms. The average Bonchev–Trinajstić information content (AvgIpc) is 2.47. The fourth-order valence-electron chi connectivity index (χ4n) is 2.02. The summed E-state index contributed by atoms with van der Waals surface area (Å²) in [6, 6.07) is 9.44. The van der Waals surface area contributed by atoms with E-state index in [1.54, 1.807) is 12.1 Å². The highest BCUT2D eigenvalue weighted by molar-refractivity contribution is 7.80. The molecule has 0 saturated carbocycles. The summed E-state index contributed by atoms with van der Waals surface area (Å²) >= 11 is 5.29. The van der Waals surface area contributed by atoms with E-state index < -0.39 is 0 Å². The molecular formula is C16H23N3S. The predicted octanol–water partition coefficient (Wildman–Crippen LogP) is 4.06. The van der Waals surface area contributed by atoms with Crippen molar-refractivity contribution in [1.29, 1.82) is 5.26 Å². The minimum atomic E-state index is 0.620. The Bertz CT molecular complexity index is 465. The van der Waals surface area contributed by atoms with Crippen LogP contribution in [-0.2, 0) is 0 Å². The van der Waals surface area contributed by atoms with Gasteiger partial charge in [0.2, 0.25) is 0 Å². The molecule has 3 nitrogen and oxygen atoms in total. The number of nitrogens with one attached hydrogen (secondary N) is 2. The Morgan fingerprint density at radius 1 is 1.40 bits per heavy atom. The van der Waals surface area contributed by atoms with E-state index in [2.05, 4.69) is 30.6 Å². The summed E-state index contributed by atoms with van der Waals surface area (Å²) in [6.45, 7) is 5.34. The molecule has 0 unspecified atom stereocenters. The van der Waals surface area contributed by atoms with E-state index in [9.17, 15) is 0 Å². The highest BCUT2D eigenvalue weighted by Crippen LogP contribution is 2.12. The van der Waals surface area contributed by atoms with Crippen molar-refractivity contribution in [2.75, 3.05) is 11.9 Å². The van der Waals surface area contributed by atoms with Crippen LogP contribution in [0.25, 0.3) is 0 Å². The number of unbranched alkanes of at least 4 members (excludes halogenated alkanes) is 1. The maximum atomic E-state index is 8.86. The van der Waals surface area contributed by atoms with E-state index in [-0.39, 0.29) is 0 Å². The summed E-state index contributed by atoms with van der Waals surface area (Å²) in [6.07, 6.45) is 4.91. The van der Waals surface area contributed by atoms with E-state index >= 15 is 0 Å². The van der Waals surface area contributed by atoms with Crippen LogP contribution in [-0.4, -0.2) is 11.7 Å². The largest absolute Gasteiger partial charge is 0.362 e. The summed E-state index contributed by atoms with van der Waals surface area (Å²) in [5, 5.41) is 15.9. The molecule has 108 valence electrons. The third kappa shape index (κ3) is 6.03. The third-order valence-electron chi connectivity index (χ3n) is 3.34. The number of benzene rings is 1. The van der Waals surface area contributed by atoms with E-state index in [1.165, 1.54) is 25.7 Å². The summed E-state index contributed by atoms with van der Waals surface area (Å²) in [5.74, 6) is 0.667. The number of nitriles is 1. The Hall–Kier alpha value is -1.60. The van der Waals surface area contributed by atoms with E-state index in [0.717, 1.165) is 12.2 Å². The van der Waals surface area contributed by atoms with Gasteiger partial charge in [0.05, 0.1) is 11.6 Å². The number of anilines is 1. The average molecular weight is 289 g/mol. The van der Waals surface area contributed by atoms with E-state index in [1.807, 2.05) is 12.1 Å². The van der Waals surface area contributed by atoms with Crippen molar-refractivity contribution in [1.82, 2.24) is 5.32 Å². The monoisotopic (exact) mass is 289 g/mol. The highest BCUT2D eigenvalue weighted by atomic mass is 32.1. The molecule has 0 aliphatic heterocycles. The first-order chi connectivity index (χ1) is 9.69. The molecule has 20 heavy (non-hydrogen) atoms. The molecule has 0 amide bonds. The Balaban J connectivity index is 2.41. The number of hydrogen-bond donors (Lipinski definition) is 2. The van der Waals surface area contributed by atoms with Crippen LogP contribution in [0.1, 0.15) is 45.1 Å². The minimum Gasteiger partial charge on any atom is -0.362 e. The molecule has 0 aromatic heterocycles. The standard InChI is InChI=1S/C16H23N3S/c1-3-5-7-13(4-2)12-18-16(20)19-15-9-6-8-14(10-15)11-17/h6,8-10,13H,3-5,7,12H2,1-2H3,(H2,18,19,20)/t13-/m1/s1. The third-order valence-corrected chi connectivity index (χ3v) is 3.59. The van der Waals surface area contributed by atoms with Gasteiger partial charge in [0, 0.05) is 12.2 Å². The van der Waals surface area contributed by atoms with Crippen molar-refractivity contribution in [2.24, 2.45) is 5.92 Å². The number of nitrogens with zero attached hydrogens (tertiary/aromatic N) is 1. The van der Waals surface area contributed by atoms with Gasteiger partial charge in [-0.15, -0.1) is 0 Å². The van der Waals surface area contributed by atoms with Crippen LogP contribution in [0.4, 0.5) is 5.69 Å². The molecular weight excluding hydrogens is 266 g/mol. The molecule has 0 radical (unpaired) electrons. The molecule has 4 heteroatoms. The molecule has 0 aliphatic rings. The molecule has 1 atom stereocenters. The maximum absolute atomic E-state index is 8.86. The zero-order valence-electron chi connectivity index (χ0n) is 12.3. The van der Waals surface area contributed by atoms with Crippen molar-refractivity contribution < 1.29 is 0 Å². The van der Waals surface area contributed by atoms with Crippen LogP contribution in [0.3, 0.4) is 0 Å². The maximum Gasteiger partial charge on any atom is 0.170 e. The quantitative estimate of drug-likeness (QED) is 0.743. The van der Waals surface area contributed by atoms with E-state index in [0.29, 0.717) is 16.6 Å². The van der Waals surface area contributed by atoms with Gasteiger partial charge < -0.3 is 10.6 Å². The molecule has 1 aromatic rings. The molecule has 2 N–H and O–H groups in total. The van der Waals surface area contributed by atoms with Crippen LogP contribution in [0, 0.1) is 17.2 Å². The lowest BCUT2D eigenvalue weighted by Crippen LogP contribution is -2.32. The topological polar surface area (TPSA) is 47.8 Å². The van der Waals surface area contributed by atoms with Gasteiger partial charge in [0.15, 0.2) is 5.11 Å². The van der Waals surface area contributed by atoms with Gasteiger partial charge in [0.1, 0.15) is 0 Å². The fraction of sp³-hybridized carbons (Fsp3) is 0.500. The first kappa shape index (κ1) is 16.5. The first-order valence-electron chi connectivity index (χ1n) is 7.24. The second-order valence-electron chi connectivity index (χ2n) is 4.94. The van der Waals surface area contributed by atoms with Crippen molar-refractivity contribution in [3.05, 3.63) is 29.8 Å². The zero-order valence-corrected chi connectivity index (χ0v) is 13.1. The first-order valence-corrected chi connectivity index (χ1v) is 7.65. The van der Waals surface area contributed by atoms with Crippen molar-refractivity contribution in [3.8, 4) is 6.07 Å². The second kappa shape index (κ2) is 9.33. The summed E-state index contributed by atoms with van der Waals surface area (Å²) in [5.41, 5.74) is 1.48. The van der Waals surface area contributed by atoms with Gasteiger partial charge in [-0.3, -0.25) is 0 Å². The highest BCUT2D eigenvalue weighted by Gasteiger charge is 2.06. The van der Waals surface area contributed by atoms with Crippen molar-refractivity contribution >= 4 is 23.0 Å². The number of rotatable bonds is 7. The van der Waals surface area contributed by atoms with Crippen molar-refractivity contribution in [3.63, 3.8) is 0 Å². The Labute approximate surface area is 127 Å². The lowest BCUT2D eigenvalue weighted by Gasteiger charge is -2.17. The Morgan fingerprint density at radius 2 is 2.20 bits per heavy atom. The molecule has 0 aliphatic carbocycles. The van der Waals surface area contributed by atoms with Crippen LogP contribution in [0.15, 0.2) is 24.3 Å². The number of thiocarbonyl (C=S) groups is 1. The summed E-state index contributed by atoms with van der Waals surface area (Å²) < 4.78 is 0. The second-order valence-corrected chi connectivity index (χ2v) is 5.35. The van der Waals surface area contributed by atoms with Gasteiger partial charge in [-0.2, -0.15) is 5.26 Å². The van der Waals surface area contributed by atoms with Crippen LogP contribution >= 0.6 is 12.2 Å². The summed E-state index contributed by atoms with van der Waals surface area (Å²) in [7, 11) is 0. The SMILES string of the molecule is CCCC[C@@H](CC)CNC(=S)Nc1cccc(C#N)c1. The molecule has 1 rings (SSSR count). The fourth-order valence-corrected chi connectivity index (χ4v) is 2.22. The van der Waals surface area contributed by atoms with Gasteiger partial charge in [-0.05, 0) is 42.8 Å². The molecule has 1 aromatic carbocycles. The van der Waals surface area contributed by atoms with Crippen LogP contribution < -0.4 is 10.6 Å². The van der Waals surface area contributed by atoms with E-state index in [4.69, 9.17) is 17.5 Å².